The zero-order chi connectivity index (χ0) is 25.5. The fourth-order valence-corrected chi connectivity index (χ4v) is 5.22. The first-order chi connectivity index (χ1) is 16.5. The monoisotopic (exact) mass is 495 g/mol. The second kappa shape index (κ2) is 9.31. The molecule has 2 aliphatic rings. The predicted molar refractivity (Wildman–Crippen MR) is 125 cm³/mol. The second-order valence-corrected chi connectivity index (χ2v) is 9.47. The number of fused-ring (bicyclic) bond motifs is 2. The van der Waals surface area contributed by atoms with Gasteiger partial charge in [0, 0.05) is 44.4 Å². The first kappa shape index (κ1) is 25.2. The molecule has 0 saturated carbocycles. The number of carbonyl (C=O) groups excluding carboxylic acids is 2. The molecule has 4 rings (SSSR count). The number of benzene rings is 1. The van der Waals surface area contributed by atoms with E-state index >= 15 is 0 Å². The van der Waals surface area contributed by atoms with Crippen LogP contribution in [0.3, 0.4) is 0 Å². The molecule has 3 heterocycles. The van der Waals surface area contributed by atoms with Gasteiger partial charge < -0.3 is 19.3 Å². The minimum atomic E-state index is -4.93. The summed E-state index contributed by atoms with van der Waals surface area (Å²) in [6, 6.07) is 7.88. The van der Waals surface area contributed by atoms with Crippen LogP contribution in [0, 0.1) is 0 Å². The van der Waals surface area contributed by atoms with Crippen molar-refractivity contribution in [1.29, 1.82) is 0 Å². The smallest absolute Gasteiger partial charge is 0.456 e. The molecule has 10 heteroatoms. The third-order valence-electron chi connectivity index (χ3n) is 7.06. The maximum Gasteiger partial charge on any atom is 0.456 e. The number of aliphatic hydroxyl groups excluding tert-OH is 1. The summed E-state index contributed by atoms with van der Waals surface area (Å²) in [6.45, 7) is 5.13. The summed E-state index contributed by atoms with van der Waals surface area (Å²) < 4.78 is 46.5. The zero-order valence-electron chi connectivity index (χ0n) is 20.1. The van der Waals surface area contributed by atoms with Crippen molar-refractivity contribution in [2.75, 3.05) is 26.7 Å². The molecule has 2 aromatic rings. The summed E-state index contributed by atoms with van der Waals surface area (Å²) in [5.74, 6) is -1.47. The van der Waals surface area contributed by atoms with E-state index in [1.165, 1.54) is 10.6 Å². The highest BCUT2D eigenvalue weighted by molar-refractivity contribution is 5.99. The van der Waals surface area contributed by atoms with Crippen molar-refractivity contribution in [2.24, 2.45) is 0 Å². The number of carbonyl (C=O) groups is 2. The van der Waals surface area contributed by atoms with Crippen molar-refractivity contribution in [1.82, 2.24) is 14.4 Å². The number of halogens is 3. The normalized spacial score (nSPS) is 18.1. The predicted octanol–water partition coefficient (Wildman–Crippen LogP) is 3.84. The Morgan fingerprint density at radius 3 is 2.40 bits per heavy atom. The number of amides is 1. The summed E-state index contributed by atoms with van der Waals surface area (Å²) in [6.07, 6.45) is -3.94. The van der Waals surface area contributed by atoms with Gasteiger partial charge in [-0.15, -0.1) is 0 Å². The highest BCUT2D eigenvalue weighted by atomic mass is 19.4. The van der Waals surface area contributed by atoms with E-state index < -0.39 is 17.5 Å². The van der Waals surface area contributed by atoms with E-state index in [1.807, 2.05) is 20.9 Å². The molecule has 1 spiro atoms. The molecular formula is C25H32F3N3O4. The molecule has 192 valence electrons. The molecule has 0 bridgehead atoms. The Kier molecular flexibility index (Phi) is 6.72. The Bertz CT molecular complexity index is 1120. The SMILES string of the molecule is CC(C)Oc1ccc(C(=O)N2CCC3(CC2)c2ccc(C(=O)C(F)(F)F)n2CCN3C)cc1CO.[HH]. The van der Waals surface area contributed by atoms with Crippen molar-refractivity contribution in [3.8, 4) is 5.75 Å². The number of piperidine rings is 1. The highest BCUT2D eigenvalue weighted by Gasteiger charge is 2.47. The topological polar surface area (TPSA) is 75.0 Å². The molecule has 7 nitrogen and oxygen atoms in total. The molecule has 0 unspecified atom stereocenters. The second-order valence-electron chi connectivity index (χ2n) is 9.47. The fraction of sp³-hybridized carbons (Fsp3) is 0.520. The van der Waals surface area contributed by atoms with Gasteiger partial charge >= 0.3 is 6.18 Å². The Morgan fingerprint density at radius 2 is 1.80 bits per heavy atom. The largest absolute Gasteiger partial charge is 0.491 e. The molecule has 1 fully saturated rings. The van der Waals surface area contributed by atoms with E-state index in [9.17, 15) is 27.9 Å². The van der Waals surface area contributed by atoms with Crippen molar-refractivity contribution in [2.45, 2.75) is 57.7 Å². The number of hydrogen-bond donors (Lipinski definition) is 1. The average molecular weight is 496 g/mol. The molecule has 0 radical (unpaired) electrons. The van der Waals surface area contributed by atoms with Gasteiger partial charge in [0.05, 0.1) is 23.9 Å². The molecule has 0 atom stereocenters. The number of rotatable bonds is 5. The van der Waals surface area contributed by atoms with E-state index in [1.54, 1.807) is 29.2 Å². The molecule has 2 aliphatic heterocycles. The first-order valence-corrected chi connectivity index (χ1v) is 11.7. The Labute approximate surface area is 203 Å². The number of aromatic nitrogens is 1. The number of alkyl halides is 3. The lowest BCUT2D eigenvalue weighted by Crippen LogP contribution is -2.56. The molecule has 1 aromatic carbocycles. The van der Waals surface area contributed by atoms with Crippen LogP contribution in [0.15, 0.2) is 30.3 Å². The Balaban J connectivity index is 0.00000361. The number of likely N-dealkylation sites (N-methyl/N-ethyl adjacent to an activating group) is 1. The van der Waals surface area contributed by atoms with Gasteiger partial charge in [-0.05, 0) is 64.1 Å². The van der Waals surface area contributed by atoms with Gasteiger partial charge in [-0.25, -0.2) is 0 Å². The van der Waals surface area contributed by atoms with Crippen LogP contribution in [0.25, 0.3) is 0 Å². The van der Waals surface area contributed by atoms with Crippen LogP contribution in [0.4, 0.5) is 13.2 Å². The number of likely N-dealkylation sites (tertiary alicyclic amines) is 1. The molecule has 1 amide bonds. The van der Waals surface area contributed by atoms with Crippen molar-refractivity contribution in [3.05, 3.63) is 52.8 Å². The Morgan fingerprint density at radius 1 is 1.11 bits per heavy atom. The van der Waals surface area contributed by atoms with Crippen molar-refractivity contribution < 1.29 is 34.0 Å². The van der Waals surface area contributed by atoms with Crippen LogP contribution in [0.1, 0.15) is 60.2 Å². The fourth-order valence-electron chi connectivity index (χ4n) is 5.22. The third kappa shape index (κ3) is 4.56. The quantitative estimate of drug-likeness (QED) is 0.639. The minimum Gasteiger partial charge on any atom is -0.491 e. The van der Waals surface area contributed by atoms with Crippen LogP contribution < -0.4 is 4.74 Å². The molecule has 1 aromatic heterocycles. The lowest BCUT2D eigenvalue weighted by Gasteiger charge is -2.50. The summed E-state index contributed by atoms with van der Waals surface area (Å²) in [5, 5.41) is 9.72. The third-order valence-corrected chi connectivity index (χ3v) is 7.06. The van der Waals surface area contributed by atoms with E-state index in [2.05, 4.69) is 4.90 Å². The summed E-state index contributed by atoms with van der Waals surface area (Å²) >= 11 is 0. The van der Waals surface area contributed by atoms with Crippen LogP contribution in [0.2, 0.25) is 0 Å². The number of Topliss-reactive ketones (excluding diaryl/α,β-unsaturated/α-hetero) is 1. The number of hydrogen-bond acceptors (Lipinski definition) is 5. The molecule has 1 N–H and O–H groups in total. The molecule has 0 aliphatic carbocycles. The van der Waals surface area contributed by atoms with Crippen LogP contribution in [0.5, 0.6) is 5.75 Å². The van der Waals surface area contributed by atoms with Crippen LogP contribution >= 0.6 is 0 Å². The highest BCUT2D eigenvalue weighted by Crippen LogP contribution is 2.42. The molecule has 35 heavy (non-hydrogen) atoms. The number of aliphatic hydroxyl groups is 1. The van der Waals surface area contributed by atoms with Gasteiger partial charge in [-0.2, -0.15) is 13.2 Å². The van der Waals surface area contributed by atoms with Gasteiger partial charge in [-0.1, -0.05) is 0 Å². The first-order valence-electron chi connectivity index (χ1n) is 11.7. The van der Waals surface area contributed by atoms with Crippen molar-refractivity contribution >= 4 is 11.7 Å². The minimum absolute atomic E-state index is 0. The van der Waals surface area contributed by atoms with E-state index in [4.69, 9.17) is 4.74 Å². The van der Waals surface area contributed by atoms with Gasteiger partial charge in [0.1, 0.15) is 5.75 Å². The van der Waals surface area contributed by atoms with Crippen LogP contribution in [-0.4, -0.2) is 70.1 Å². The number of nitrogens with zero attached hydrogens (tertiary/aromatic N) is 3. The summed E-state index contributed by atoms with van der Waals surface area (Å²) in [5.41, 5.74) is 0.774. The zero-order valence-corrected chi connectivity index (χ0v) is 20.1. The van der Waals surface area contributed by atoms with Gasteiger partial charge in [-0.3, -0.25) is 14.5 Å². The van der Waals surface area contributed by atoms with Gasteiger partial charge in [0.2, 0.25) is 0 Å². The lowest BCUT2D eigenvalue weighted by atomic mass is 9.81. The molecular weight excluding hydrogens is 463 g/mol. The Hall–Kier alpha value is -2.85. The van der Waals surface area contributed by atoms with Gasteiger partial charge in [0.15, 0.2) is 0 Å². The summed E-state index contributed by atoms with van der Waals surface area (Å²) in [7, 11) is 1.93. The standard InChI is InChI=1S/C25H30F3N3O4.H2/c1-16(2)35-20-6-4-17(14-18(20)15-32)23(34)30-10-8-24(9-11-30)21-7-5-19(22(33)25(26,27)28)31(21)13-12-29(24)3;/h4-7,14,16,32H,8-13,15H2,1-3H3;1H. The van der Waals surface area contributed by atoms with E-state index in [0.29, 0.717) is 61.6 Å². The van der Waals surface area contributed by atoms with E-state index in [-0.39, 0.29) is 25.7 Å². The number of ketones is 1. The van der Waals surface area contributed by atoms with Crippen LogP contribution in [-0.2, 0) is 18.7 Å². The maximum atomic E-state index is 13.2. The summed E-state index contributed by atoms with van der Waals surface area (Å²) in [4.78, 5) is 29.0. The maximum absolute atomic E-state index is 13.2. The van der Waals surface area contributed by atoms with Crippen molar-refractivity contribution in [3.63, 3.8) is 0 Å². The average Bonchev–Trinajstić information content (AvgIpc) is 3.25. The molecule has 1 saturated heterocycles. The lowest BCUT2D eigenvalue weighted by molar-refractivity contribution is -0.0892. The number of ether oxygens (including phenoxy) is 1. The van der Waals surface area contributed by atoms with E-state index in [0.717, 1.165) is 0 Å². The van der Waals surface area contributed by atoms with Gasteiger partial charge in [0.25, 0.3) is 11.7 Å².